The molecule has 92 valence electrons. The predicted molar refractivity (Wildman–Crippen MR) is 63.6 cm³/mol. The van der Waals surface area contributed by atoms with Crippen molar-refractivity contribution in [2.24, 2.45) is 0 Å². The van der Waals surface area contributed by atoms with Crippen molar-refractivity contribution >= 4 is 6.98 Å². The molecule has 0 saturated carbocycles. The molecule has 0 atom stereocenters. The molecule has 0 fully saturated rings. The molecular formula is C12H14BF3KN. The summed E-state index contributed by atoms with van der Waals surface area (Å²) >= 11 is 0. The van der Waals surface area contributed by atoms with Crippen LogP contribution in [0.3, 0.4) is 0 Å². The predicted octanol–water partition coefficient (Wildman–Crippen LogP) is -0.00850. The molecule has 0 aliphatic carbocycles. The largest absolute Gasteiger partial charge is 1.00 e. The molecule has 0 amide bonds. The molecule has 6 heteroatoms. The number of hydrogen-bond acceptors (Lipinski definition) is 1. The van der Waals surface area contributed by atoms with Crippen molar-refractivity contribution in [1.82, 2.24) is 4.90 Å². The first-order valence-corrected chi connectivity index (χ1v) is 5.63. The second kappa shape index (κ2) is 6.72. The van der Waals surface area contributed by atoms with Crippen LogP contribution in [0, 0.1) is 0 Å². The topological polar surface area (TPSA) is 3.24 Å². The summed E-state index contributed by atoms with van der Waals surface area (Å²) in [6, 6.07) is 7.90. The summed E-state index contributed by atoms with van der Waals surface area (Å²) in [5.74, 6) is 0. The Morgan fingerprint density at radius 3 is 2.44 bits per heavy atom. The second-order valence-corrected chi connectivity index (χ2v) is 4.46. The normalized spacial score (nSPS) is 15.7. The number of halogens is 3. The van der Waals surface area contributed by atoms with E-state index < -0.39 is 12.4 Å². The fourth-order valence-electron chi connectivity index (χ4n) is 2.08. The summed E-state index contributed by atoms with van der Waals surface area (Å²) in [7, 11) is 0. The molecule has 18 heavy (non-hydrogen) atoms. The number of benzene rings is 1. The molecule has 0 unspecified atom stereocenters. The second-order valence-electron chi connectivity index (χ2n) is 4.46. The summed E-state index contributed by atoms with van der Waals surface area (Å²) in [6.07, 6.45) is 0.814. The SMILES string of the molecule is C=C(CN1CCc2ccccc2C1)[B-](F)(F)F.[K+]. The van der Waals surface area contributed by atoms with Crippen LogP contribution in [0.1, 0.15) is 11.1 Å². The zero-order valence-electron chi connectivity index (χ0n) is 10.5. The Balaban J connectivity index is 0.00000162. The molecule has 0 saturated heterocycles. The Bertz CT molecular complexity index is 434. The Morgan fingerprint density at radius 2 is 1.83 bits per heavy atom. The van der Waals surface area contributed by atoms with Gasteiger partial charge in [0.2, 0.25) is 0 Å². The van der Waals surface area contributed by atoms with Gasteiger partial charge in [-0.15, -0.1) is 12.1 Å². The van der Waals surface area contributed by atoms with Gasteiger partial charge in [-0.25, -0.2) is 0 Å². The van der Waals surface area contributed by atoms with E-state index in [9.17, 15) is 12.9 Å². The first-order chi connectivity index (χ1) is 7.97. The molecule has 1 aromatic carbocycles. The maximum Gasteiger partial charge on any atom is 1.00 e. The molecule has 0 aromatic heterocycles. The first-order valence-electron chi connectivity index (χ1n) is 5.63. The average molecular weight is 279 g/mol. The van der Waals surface area contributed by atoms with E-state index in [-0.39, 0.29) is 57.9 Å². The number of hydrogen-bond donors (Lipinski definition) is 0. The molecule has 1 aromatic rings. The minimum atomic E-state index is -4.91. The Kier molecular flexibility index (Phi) is 6.15. The molecule has 0 spiro atoms. The van der Waals surface area contributed by atoms with Gasteiger partial charge in [0.15, 0.2) is 0 Å². The summed E-state index contributed by atoms with van der Waals surface area (Å²) < 4.78 is 37.3. The molecule has 0 radical (unpaired) electrons. The Hall–Kier alpha value is 0.411. The molecule has 1 aliphatic rings. The van der Waals surface area contributed by atoms with Crippen LogP contribution in [-0.2, 0) is 13.0 Å². The van der Waals surface area contributed by atoms with E-state index in [2.05, 4.69) is 6.58 Å². The monoisotopic (exact) mass is 279 g/mol. The van der Waals surface area contributed by atoms with Gasteiger partial charge in [0.05, 0.1) is 0 Å². The molecule has 1 nitrogen and oxygen atoms in total. The zero-order chi connectivity index (χ0) is 12.5. The van der Waals surface area contributed by atoms with Crippen LogP contribution < -0.4 is 51.4 Å². The van der Waals surface area contributed by atoms with Crippen LogP contribution >= 0.6 is 0 Å². The Labute approximate surface area is 148 Å². The van der Waals surface area contributed by atoms with Crippen molar-refractivity contribution in [3.05, 3.63) is 47.4 Å². The molecule has 0 bridgehead atoms. The van der Waals surface area contributed by atoms with E-state index in [1.165, 1.54) is 5.56 Å². The maximum atomic E-state index is 12.4. The molecule has 2 rings (SSSR count). The van der Waals surface area contributed by atoms with Gasteiger partial charge in [-0.3, -0.25) is 4.90 Å². The van der Waals surface area contributed by atoms with Gasteiger partial charge in [0, 0.05) is 13.1 Å². The molecule has 1 aliphatic heterocycles. The van der Waals surface area contributed by atoms with Crippen LogP contribution in [0.2, 0.25) is 0 Å². The van der Waals surface area contributed by atoms with Crippen LogP contribution in [0.15, 0.2) is 36.3 Å². The van der Waals surface area contributed by atoms with E-state index in [1.54, 1.807) is 4.90 Å². The van der Waals surface area contributed by atoms with Crippen molar-refractivity contribution < 1.29 is 64.3 Å². The van der Waals surface area contributed by atoms with Crippen LogP contribution in [0.5, 0.6) is 0 Å². The Morgan fingerprint density at radius 1 is 1.22 bits per heavy atom. The minimum absolute atomic E-state index is 0. The summed E-state index contributed by atoms with van der Waals surface area (Å²) in [4.78, 5) is 1.81. The van der Waals surface area contributed by atoms with E-state index in [4.69, 9.17) is 0 Å². The van der Waals surface area contributed by atoms with Gasteiger partial charge in [-0.1, -0.05) is 24.3 Å². The van der Waals surface area contributed by atoms with Crippen molar-refractivity contribution in [2.75, 3.05) is 13.1 Å². The smallest absolute Gasteiger partial charge is 0.445 e. The van der Waals surface area contributed by atoms with Gasteiger partial charge in [0.1, 0.15) is 0 Å². The number of fused-ring (bicyclic) bond motifs is 1. The van der Waals surface area contributed by atoms with Crippen LogP contribution in [-0.4, -0.2) is 25.0 Å². The van der Waals surface area contributed by atoms with E-state index >= 15 is 0 Å². The van der Waals surface area contributed by atoms with Gasteiger partial charge < -0.3 is 12.9 Å². The van der Waals surface area contributed by atoms with Gasteiger partial charge >= 0.3 is 58.4 Å². The van der Waals surface area contributed by atoms with E-state index in [0.717, 1.165) is 12.0 Å². The van der Waals surface area contributed by atoms with Crippen molar-refractivity contribution in [3.8, 4) is 0 Å². The first kappa shape index (κ1) is 16.5. The van der Waals surface area contributed by atoms with Crippen molar-refractivity contribution in [1.29, 1.82) is 0 Å². The minimum Gasteiger partial charge on any atom is -0.445 e. The number of nitrogens with zero attached hydrogens (tertiary/aromatic N) is 1. The van der Waals surface area contributed by atoms with E-state index in [1.807, 2.05) is 24.3 Å². The zero-order valence-corrected chi connectivity index (χ0v) is 13.6. The fraction of sp³-hybridized carbons (Fsp3) is 0.333. The van der Waals surface area contributed by atoms with Gasteiger partial charge in [0.25, 0.3) is 0 Å². The maximum absolute atomic E-state index is 12.4. The summed E-state index contributed by atoms with van der Waals surface area (Å²) in [5, 5.41) is 0. The van der Waals surface area contributed by atoms with Gasteiger partial charge in [-0.2, -0.15) is 0 Å². The van der Waals surface area contributed by atoms with Crippen LogP contribution in [0.4, 0.5) is 12.9 Å². The van der Waals surface area contributed by atoms with Crippen molar-refractivity contribution in [3.63, 3.8) is 0 Å². The molecular weight excluding hydrogens is 265 g/mol. The third-order valence-electron chi connectivity index (χ3n) is 3.10. The molecule has 1 heterocycles. The third-order valence-corrected chi connectivity index (χ3v) is 3.10. The summed E-state index contributed by atoms with van der Waals surface area (Å²) in [6.45, 7) is -0.588. The average Bonchev–Trinajstić information content (AvgIpc) is 2.27. The van der Waals surface area contributed by atoms with E-state index in [0.29, 0.717) is 13.1 Å². The number of rotatable bonds is 3. The third kappa shape index (κ3) is 4.21. The quantitative estimate of drug-likeness (QED) is 0.704. The van der Waals surface area contributed by atoms with Crippen molar-refractivity contribution in [2.45, 2.75) is 13.0 Å². The fourth-order valence-corrected chi connectivity index (χ4v) is 2.08. The summed E-state index contributed by atoms with van der Waals surface area (Å²) in [5.41, 5.74) is 1.76. The molecule has 0 N–H and O–H groups in total. The van der Waals surface area contributed by atoms with Gasteiger partial charge in [-0.05, 0) is 24.1 Å². The van der Waals surface area contributed by atoms with Crippen LogP contribution in [0.25, 0.3) is 0 Å². The standard InChI is InChI=1S/C12H14BF3N.K/c1-10(13(14,15)16)8-17-7-6-11-4-2-3-5-12(11)9-17;/h2-5H,1,6-9H2;/q-1;+1.